The van der Waals surface area contributed by atoms with E-state index in [0.29, 0.717) is 5.92 Å². The molecule has 0 spiro atoms. The maximum atomic E-state index is 14.1. The van der Waals surface area contributed by atoms with Gasteiger partial charge in [-0.05, 0) is 46.8 Å². The summed E-state index contributed by atoms with van der Waals surface area (Å²) >= 11 is 2.99. The number of hydrogen-bond donors (Lipinski definition) is 2. The number of halogens is 2. The molecule has 1 fully saturated rings. The molecule has 1 aliphatic rings. The van der Waals surface area contributed by atoms with Crippen LogP contribution in [0.25, 0.3) is 0 Å². The third-order valence-corrected chi connectivity index (χ3v) is 6.09. The second-order valence-corrected chi connectivity index (χ2v) is 8.11. The molecule has 4 nitrogen and oxygen atoms in total. The maximum Gasteiger partial charge on any atom is 0.243 e. The number of hydrogen-bond acceptors (Lipinski definition) is 3. The monoisotopic (exact) mass is 378 g/mol. The van der Waals surface area contributed by atoms with Crippen molar-refractivity contribution < 1.29 is 12.8 Å². The summed E-state index contributed by atoms with van der Waals surface area (Å²) in [5, 5.41) is 0. The highest BCUT2D eigenvalue weighted by atomic mass is 79.9. The Kier molecular flexibility index (Phi) is 5.27. The van der Waals surface area contributed by atoms with Crippen LogP contribution < -0.4 is 10.5 Å². The Morgan fingerprint density at radius 1 is 1.43 bits per heavy atom. The average Bonchev–Trinajstić information content (AvgIpc) is 2.42. The third-order valence-electron chi connectivity index (χ3n) is 3.99. The maximum absolute atomic E-state index is 14.1. The molecule has 3 N–H and O–H groups in total. The highest BCUT2D eigenvalue weighted by molar-refractivity contribution is 9.10. The lowest BCUT2D eigenvalue weighted by atomic mass is 9.85. The van der Waals surface area contributed by atoms with E-state index in [2.05, 4.69) is 27.6 Å². The summed E-state index contributed by atoms with van der Waals surface area (Å²) in [4.78, 5) is -0.395. The van der Waals surface area contributed by atoms with E-state index in [4.69, 9.17) is 5.73 Å². The number of nitrogens with one attached hydrogen (secondary N) is 1. The molecule has 0 amide bonds. The molecule has 2 rings (SSSR count). The Morgan fingerprint density at radius 3 is 2.81 bits per heavy atom. The lowest BCUT2D eigenvalue weighted by Gasteiger charge is -2.29. The van der Waals surface area contributed by atoms with Crippen LogP contribution in [0.15, 0.2) is 21.5 Å². The second kappa shape index (κ2) is 6.62. The molecule has 1 aromatic rings. The van der Waals surface area contributed by atoms with E-state index in [1.165, 1.54) is 6.07 Å². The number of benzene rings is 1. The minimum Gasteiger partial charge on any atom is -0.399 e. The zero-order valence-electron chi connectivity index (χ0n) is 11.9. The van der Waals surface area contributed by atoms with Gasteiger partial charge in [-0.15, -0.1) is 0 Å². The Balaban J connectivity index is 2.23. The number of anilines is 1. The number of nitrogens with two attached hydrogens (primary N) is 1. The molecule has 1 aliphatic carbocycles. The zero-order chi connectivity index (χ0) is 15.6. The number of rotatable bonds is 4. The quantitative estimate of drug-likeness (QED) is 0.788. The molecule has 1 aromatic carbocycles. The van der Waals surface area contributed by atoms with Crippen molar-refractivity contribution in [2.75, 3.05) is 5.73 Å². The van der Waals surface area contributed by atoms with Crippen LogP contribution in [-0.2, 0) is 10.0 Å². The van der Waals surface area contributed by atoms with Gasteiger partial charge in [0.25, 0.3) is 0 Å². The van der Waals surface area contributed by atoms with Crippen LogP contribution in [0.1, 0.15) is 39.0 Å². The standard InChI is InChI=1S/C14H20BrFN2O2S/c1-2-9-4-3-5-11(6-9)18-21(19,20)13-8-10(17)7-12(15)14(13)16/h7-9,11,18H,2-6,17H2,1H3. The van der Waals surface area contributed by atoms with Crippen molar-refractivity contribution in [1.29, 1.82) is 0 Å². The first-order valence-corrected chi connectivity index (χ1v) is 9.38. The fourth-order valence-electron chi connectivity index (χ4n) is 2.83. The molecular weight excluding hydrogens is 359 g/mol. The normalized spacial score (nSPS) is 23.2. The van der Waals surface area contributed by atoms with Crippen molar-refractivity contribution in [3.63, 3.8) is 0 Å². The first kappa shape index (κ1) is 16.7. The van der Waals surface area contributed by atoms with Crippen molar-refractivity contribution in [2.45, 2.75) is 50.0 Å². The Bertz CT molecular complexity index is 622. The summed E-state index contributed by atoms with van der Waals surface area (Å²) in [6.07, 6.45) is 4.76. The first-order chi connectivity index (χ1) is 9.83. The largest absolute Gasteiger partial charge is 0.399 e. The number of sulfonamides is 1. The molecule has 118 valence electrons. The highest BCUT2D eigenvalue weighted by Gasteiger charge is 2.28. The van der Waals surface area contributed by atoms with Gasteiger partial charge in [0.1, 0.15) is 4.90 Å². The molecule has 0 radical (unpaired) electrons. The third kappa shape index (κ3) is 3.96. The van der Waals surface area contributed by atoms with Crippen molar-refractivity contribution in [1.82, 2.24) is 4.72 Å². The van der Waals surface area contributed by atoms with Crippen LogP contribution in [0.2, 0.25) is 0 Å². The Morgan fingerprint density at radius 2 is 2.14 bits per heavy atom. The van der Waals surface area contributed by atoms with Crippen LogP contribution in [0.3, 0.4) is 0 Å². The van der Waals surface area contributed by atoms with Gasteiger partial charge in [0.15, 0.2) is 5.82 Å². The number of nitrogen functional groups attached to an aromatic ring is 1. The van der Waals surface area contributed by atoms with Gasteiger partial charge in [-0.3, -0.25) is 0 Å². The van der Waals surface area contributed by atoms with Crippen molar-refractivity contribution in [3.8, 4) is 0 Å². The van der Waals surface area contributed by atoms with Gasteiger partial charge < -0.3 is 5.73 Å². The van der Waals surface area contributed by atoms with Crippen molar-refractivity contribution >= 4 is 31.6 Å². The van der Waals surface area contributed by atoms with Crippen LogP contribution in [0, 0.1) is 11.7 Å². The summed E-state index contributed by atoms with van der Waals surface area (Å²) in [5.41, 5.74) is 5.82. The van der Waals surface area contributed by atoms with Crippen LogP contribution >= 0.6 is 15.9 Å². The van der Waals surface area contributed by atoms with Gasteiger partial charge >= 0.3 is 0 Å². The van der Waals surface area contributed by atoms with E-state index >= 15 is 0 Å². The highest BCUT2D eigenvalue weighted by Crippen LogP contribution is 2.30. The van der Waals surface area contributed by atoms with Crippen LogP contribution in [-0.4, -0.2) is 14.5 Å². The molecule has 0 heterocycles. The van der Waals surface area contributed by atoms with Crippen molar-refractivity contribution in [2.24, 2.45) is 5.92 Å². The van der Waals surface area contributed by atoms with E-state index in [1.54, 1.807) is 0 Å². The molecule has 21 heavy (non-hydrogen) atoms. The van der Waals surface area contributed by atoms with E-state index < -0.39 is 20.7 Å². The topological polar surface area (TPSA) is 72.2 Å². The molecule has 7 heteroatoms. The van der Waals surface area contributed by atoms with Gasteiger partial charge in [-0.1, -0.05) is 26.2 Å². The van der Waals surface area contributed by atoms with E-state index in [9.17, 15) is 12.8 Å². The van der Waals surface area contributed by atoms with Gasteiger partial charge in [-0.2, -0.15) is 0 Å². The second-order valence-electron chi connectivity index (χ2n) is 5.57. The smallest absolute Gasteiger partial charge is 0.243 e. The van der Waals surface area contributed by atoms with E-state index in [1.807, 2.05) is 0 Å². The zero-order valence-corrected chi connectivity index (χ0v) is 14.3. The summed E-state index contributed by atoms with van der Waals surface area (Å²) in [6, 6.07) is 2.37. The molecular formula is C14H20BrFN2O2S. The fraction of sp³-hybridized carbons (Fsp3) is 0.571. The lowest BCUT2D eigenvalue weighted by Crippen LogP contribution is -2.38. The van der Waals surface area contributed by atoms with Gasteiger partial charge in [0.05, 0.1) is 4.47 Å². The summed E-state index contributed by atoms with van der Waals surface area (Å²) in [5.74, 6) is -0.275. The minimum atomic E-state index is -3.90. The van der Waals surface area contributed by atoms with Crippen LogP contribution in [0.5, 0.6) is 0 Å². The molecule has 0 saturated heterocycles. The summed E-state index contributed by atoms with van der Waals surface area (Å²) in [7, 11) is -3.90. The van der Waals surface area contributed by atoms with Crippen molar-refractivity contribution in [3.05, 3.63) is 22.4 Å². The van der Waals surface area contributed by atoms with E-state index in [-0.39, 0.29) is 16.2 Å². The molecule has 0 aromatic heterocycles. The Hall–Kier alpha value is -0.660. The average molecular weight is 379 g/mol. The lowest BCUT2D eigenvalue weighted by molar-refractivity contribution is 0.301. The molecule has 2 atom stereocenters. The molecule has 0 aliphatic heterocycles. The van der Waals surface area contributed by atoms with Gasteiger partial charge in [0.2, 0.25) is 10.0 Å². The first-order valence-electron chi connectivity index (χ1n) is 7.10. The predicted molar refractivity (Wildman–Crippen MR) is 84.9 cm³/mol. The van der Waals surface area contributed by atoms with Gasteiger partial charge in [-0.25, -0.2) is 17.5 Å². The van der Waals surface area contributed by atoms with Gasteiger partial charge in [0, 0.05) is 11.7 Å². The van der Waals surface area contributed by atoms with Crippen LogP contribution in [0.4, 0.5) is 10.1 Å². The Labute approximate surface area is 133 Å². The predicted octanol–water partition coefficient (Wildman–Crippen LogP) is 3.42. The summed E-state index contributed by atoms with van der Waals surface area (Å²) in [6.45, 7) is 2.11. The SMILES string of the molecule is CCC1CCCC(NS(=O)(=O)c2cc(N)cc(Br)c2F)C1. The summed E-state index contributed by atoms with van der Waals surface area (Å²) < 4.78 is 41.5. The molecule has 1 saturated carbocycles. The minimum absolute atomic E-state index is 0.0537. The fourth-order valence-corrected chi connectivity index (χ4v) is 4.86. The molecule has 0 bridgehead atoms. The molecule has 2 unspecified atom stereocenters. The van der Waals surface area contributed by atoms with E-state index in [0.717, 1.165) is 38.2 Å².